The van der Waals surface area contributed by atoms with Crippen molar-refractivity contribution in [2.75, 3.05) is 0 Å². The van der Waals surface area contributed by atoms with E-state index in [0.29, 0.717) is 0 Å². The Balaban J connectivity index is 1.44. The van der Waals surface area contributed by atoms with E-state index in [1.807, 2.05) is 18.3 Å². The summed E-state index contributed by atoms with van der Waals surface area (Å²) in [5.41, 5.74) is 3.54. The summed E-state index contributed by atoms with van der Waals surface area (Å²) in [7, 11) is 0. The van der Waals surface area contributed by atoms with E-state index in [1.54, 1.807) is 0 Å². The number of benzene rings is 1. The number of hydrogen-bond donors (Lipinski definition) is 0. The fraction of sp³-hybridized carbons (Fsp3) is 0.500. The summed E-state index contributed by atoms with van der Waals surface area (Å²) in [6.45, 7) is 1.05. The Labute approximate surface area is 155 Å². The minimum absolute atomic E-state index is 0.800. The first-order chi connectivity index (χ1) is 12.3. The predicted octanol–water partition coefficient (Wildman–Crippen LogP) is 6.98. The number of pyridine rings is 1. The quantitative estimate of drug-likeness (QED) is 0.436. The van der Waals surface area contributed by atoms with Crippen LogP contribution in [0.25, 0.3) is 21.9 Å². The average Bonchev–Trinajstić information content (AvgIpc) is 2.95. The van der Waals surface area contributed by atoms with Crippen LogP contribution in [0.4, 0.5) is 0 Å². The first-order valence-corrected chi connectivity index (χ1v) is 10.2. The van der Waals surface area contributed by atoms with Crippen molar-refractivity contribution in [2.45, 2.75) is 64.3 Å². The van der Waals surface area contributed by atoms with Crippen molar-refractivity contribution >= 4 is 33.5 Å². The molecule has 0 unspecified atom stereocenters. The average molecular weight is 355 g/mol. The number of aromatic nitrogens is 2. The highest BCUT2D eigenvalue weighted by atomic mass is 35.5. The van der Waals surface area contributed by atoms with Gasteiger partial charge < -0.3 is 4.57 Å². The van der Waals surface area contributed by atoms with Crippen molar-refractivity contribution in [1.82, 2.24) is 9.55 Å². The number of aryl methyl sites for hydroxylation is 1. The van der Waals surface area contributed by atoms with Gasteiger partial charge in [-0.2, -0.15) is 0 Å². The maximum absolute atomic E-state index is 6.25. The Hall–Kier alpha value is -1.54. The number of hydrogen-bond acceptors (Lipinski definition) is 1. The topological polar surface area (TPSA) is 17.8 Å². The van der Waals surface area contributed by atoms with Crippen molar-refractivity contribution in [1.29, 1.82) is 0 Å². The van der Waals surface area contributed by atoms with Crippen LogP contribution < -0.4 is 0 Å². The normalized spacial score (nSPS) is 16.0. The molecule has 0 bridgehead atoms. The van der Waals surface area contributed by atoms with E-state index in [4.69, 9.17) is 11.6 Å². The lowest BCUT2D eigenvalue weighted by Gasteiger charge is -2.21. The number of halogens is 1. The lowest BCUT2D eigenvalue weighted by Crippen LogP contribution is -2.06. The summed E-state index contributed by atoms with van der Waals surface area (Å²) in [4.78, 5) is 4.60. The van der Waals surface area contributed by atoms with Gasteiger partial charge in [0.2, 0.25) is 0 Å². The summed E-state index contributed by atoms with van der Waals surface area (Å²) in [5.74, 6) is 1.00. The maximum atomic E-state index is 6.25. The van der Waals surface area contributed by atoms with Crippen LogP contribution in [-0.2, 0) is 6.54 Å². The number of nitrogens with zero attached hydrogens (tertiary/aromatic N) is 2. The molecule has 1 fully saturated rings. The lowest BCUT2D eigenvalue weighted by atomic mass is 9.85. The van der Waals surface area contributed by atoms with Crippen LogP contribution in [-0.4, -0.2) is 9.55 Å². The zero-order chi connectivity index (χ0) is 17.1. The smallest absolute Gasteiger partial charge is 0.0959 e. The highest BCUT2D eigenvalue weighted by molar-refractivity contribution is 6.31. The number of rotatable bonds is 6. The van der Waals surface area contributed by atoms with Crippen LogP contribution >= 0.6 is 11.6 Å². The molecule has 0 amide bonds. The van der Waals surface area contributed by atoms with Gasteiger partial charge in [-0.1, -0.05) is 63.0 Å². The maximum Gasteiger partial charge on any atom is 0.0959 e. The van der Waals surface area contributed by atoms with Gasteiger partial charge >= 0.3 is 0 Å². The molecule has 3 heteroatoms. The van der Waals surface area contributed by atoms with Gasteiger partial charge in [0, 0.05) is 23.2 Å². The second-order valence-electron chi connectivity index (χ2n) is 7.54. The predicted molar refractivity (Wildman–Crippen MR) is 107 cm³/mol. The fourth-order valence-corrected chi connectivity index (χ4v) is 4.64. The molecule has 132 valence electrons. The zero-order valence-corrected chi connectivity index (χ0v) is 15.6. The van der Waals surface area contributed by atoms with E-state index >= 15 is 0 Å². The van der Waals surface area contributed by atoms with Crippen LogP contribution in [0.1, 0.15) is 57.8 Å². The van der Waals surface area contributed by atoms with Crippen LogP contribution in [0.15, 0.2) is 36.5 Å². The van der Waals surface area contributed by atoms with Crippen LogP contribution in [0.5, 0.6) is 0 Å². The van der Waals surface area contributed by atoms with Gasteiger partial charge in [-0.25, -0.2) is 0 Å². The van der Waals surface area contributed by atoms with Gasteiger partial charge in [0.15, 0.2) is 0 Å². The molecule has 3 aromatic rings. The molecule has 0 N–H and O–H groups in total. The molecular weight excluding hydrogens is 328 g/mol. The first-order valence-electron chi connectivity index (χ1n) is 9.85. The molecule has 2 heterocycles. The Bertz CT molecular complexity index is 846. The Kier molecular flexibility index (Phi) is 5.26. The highest BCUT2D eigenvalue weighted by Gasteiger charge is 2.13. The van der Waals surface area contributed by atoms with E-state index in [9.17, 15) is 0 Å². The van der Waals surface area contributed by atoms with E-state index in [0.717, 1.165) is 23.0 Å². The molecule has 1 saturated carbocycles. The Morgan fingerprint density at radius 3 is 2.76 bits per heavy atom. The molecule has 4 rings (SSSR count). The molecule has 1 aromatic carbocycles. The fourth-order valence-electron chi connectivity index (χ4n) is 4.48. The molecule has 2 aromatic heterocycles. The van der Waals surface area contributed by atoms with Gasteiger partial charge in [-0.3, -0.25) is 4.98 Å². The summed E-state index contributed by atoms with van der Waals surface area (Å²) in [5, 5.41) is 2.01. The van der Waals surface area contributed by atoms with Crippen LogP contribution in [0.2, 0.25) is 5.02 Å². The van der Waals surface area contributed by atoms with Gasteiger partial charge in [-0.05, 0) is 42.7 Å². The third-order valence-corrected chi connectivity index (χ3v) is 6.04. The van der Waals surface area contributed by atoms with Crippen LogP contribution in [0, 0.1) is 5.92 Å². The second-order valence-corrected chi connectivity index (χ2v) is 7.97. The van der Waals surface area contributed by atoms with Crippen molar-refractivity contribution < 1.29 is 0 Å². The first kappa shape index (κ1) is 16.9. The summed E-state index contributed by atoms with van der Waals surface area (Å²) in [6, 6.07) is 10.4. The highest BCUT2D eigenvalue weighted by Crippen LogP contribution is 2.31. The monoisotopic (exact) mass is 354 g/mol. The van der Waals surface area contributed by atoms with Crippen molar-refractivity contribution in [3.05, 3.63) is 41.6 Å². The molecule has 1 aliphatic rings. The van der Waals surface area contributed by atoms with Crippen molar-refractivity contribution in [3.63, 3.8) is 0 Å². The SMILES string of the molecule is Clc1ccc2c3ncccc3n(CCCCCC3CCCCC3)c2c1. The van der Waals surface area contributed by atoms with Gasteiger partial charge in [0.1, 0.15) is 0 Å². The molecule has 2 nitrogen and oxygen atoms in total. The summed E-state index contributed by atoms with van der Waals surface area (Å²) >= 11 is 6.25. The number of unbranched alkanes of at least 4 members (excludes halogenated alkanes) is 2. The molecule has 0 atom stereocenters. The molecule has 0 aliphatic heterocycles. The van der Waals surface area contributed by atoms with Crippen molar-refractivity contribution in [3.8, 4) is 0 Å². The van der Waals surface area contributed by atoms with Gasteiger partial charge in [0.05, 0.1) is 16.6 Å². The Morgan fingerprint density at radius 2 is 1.88 bits per heavy atom. The van der Waals surface area contributed by atoms with E-state index in [-0.39, 0.29) is 0 Å². The van der Waals surface area contributed by atoms with Gasteiger partial charge in [-0.15, -0.1) is 0 Å². The molecular formula is C22H27ClN2. The van der Waals surface area contributed by atoms with E-state index < -0.39 is 0 Å². The van der Waals surface area contributed by atoms with Crippen LogP contribution in [0.3, 0.4) is 0 Å². The molecule has 0 spiro atoms. The second kappa shape index (κ2) is 7.78. The third kappa shape index (κ3) is 3.69. The zero-order valence-electron chi connectivity index (χ0n) is 14.9. The standard InChI is InChI=1S/C22H27ClN2/c23-18-12-13-19-21(16-18)25(20-11-7-14-24-22(19)20)15-6-2-5-10-17-8-3-1-4-9-17/h7,11-14,16-17H,1-6,8-10,15H2. The summed E-state index contributed by atoms with van der Waals surface area (Å²) < 4.78 is 2.41. The van der Waals surface area contributed by atoms with E-state index in [2.05, 4.69) is 27.8 Å². The van der Waals surface area contributed by atoms with Crippen molar-refractivity contribution in [2.24, 2.45) is 5.92 Å². The molecule has 1 aliphatic carbocycles. The van der Waals surface area contributed by atoms with Gasteiger partial charge in [0.25, 0.3) is 0 Å². The lowest BCUT2D eigenvalue weighted by molar-refractivity contribution is 0.327. The molecule has 0 radical (unpaired) electrons. The minimum atomic E-state index is 0.800. The molecule has 0 saturated heterocycles. The Morgan fingerprint density at radius 1 is 1.00 bits per heavy atom. The minimum Gasteiger partial charge on any atom is -0.339 e. The van der Waals surface area contributed by atoms with E-state index in [1.165, 1.54) is 74.2 Å². The summed E-state index contributed by atoms with van der Waals surface area (Å²) in [6.07, 6.45) is 14.5. The largest absolute Gasteiger partial charge is 0.339 e. The number of fused-ring (bicyclic) bond motifs is 3. The third-order valence-electron chi connectivity index (χ3n) is 5.80. The molecule has 25 heavy (non-hydrogen) atoms.